The first-order chi connectivity index (χ1) is 11.6. The van der Waals surface area contributed by atoms with Gasteiger partial charge in [0.2, 0.25) is 0 Å². The maximum absolute atomic E-state index is 12.1. The van der Waals surface area contributed by atoms with Gasteiger partial charge in [-0.15, -0.1) is 0 Å². The number of benzene rings is 1. The predicted octanol–water partition coefficient (Wildman–Crippen LogP) is 3.24. The van der Waals surface area contributed by atoms with Crippen LogP contribution in [0.15, 0.2) is 48.7 Å². The summed E-state index contributed by atoms with van der Waals surface area (Å²) < 4.78 is 0. The third kappa shape index (κ3) is 3.94. The fourth-order valence-electron chi connectivity index (χ4n) is 3.30. The van der Waals surface area contributed by atoms with Gasteiger partial charge in [-0.25, -0.2) is 0 Å². The van der Waals surface area contributed by atoms with E-state index in [9.17, 15) is 4.79 Å². The summed E-state index contributed by atoms with van der Waals surface area (Å²) in [4.78, 5) is 20.2. The van der Waals surface area contributed by atoms with Crippen molar-refractivity contribution in [3.8, 4) is 0 Å². The summed E-state index contributed by atoms with van der Waals surface area (Å²) in [6.07, 6.45) is 5.28. The molecule has 0 bridgehead atoms. The van der Waals surface area contributed by atoms with Crippen LogP contribution in [0.3, 0.4) is 0 Å². The molecule has 1 aromatic carbocycles. The van der Waals surface area contributed by atoms with Crippen molar-refractivity contribution < 1.29 is 4.79 Å². The number of rotatable bonds is 4. The van der Waals surface area contributed by atoms with E-state index in [1.54, 1.807) is 25.2 Å². The number of piperidine rings is 1. The van der Waals surface area contributed by atoms with Gasteiger partial charge >= 0.3 is 0 Å². The zero-order chi connectivity index (χ0) is 16.9. The van der Waals surface area contributed by atoms with Crippen LogP contribution in [0.5, 0.6) is 0 Å². The first-order valence-electron chi connectivity index (χ1n) is 8.60. The minimum Gasteiger partial charge on any atom is -0.371 e. The molecular weight excluding hydrogens is 298 g/mol. The van der Waals surface area contributed by atoms with E-state index in [1.807, 2.05) is 12.1 Å². The van der Waals surface area contributed by atoms with E-state index < -0.39 is 0 Å². The Balaban J connectivity index is 1.60. The van der Waals surface area contributed by atoms with E-state index in [4.69, 9.17) is 0 Å². The lowest BCUT2D eigenvalue weighted by Gasteiger charge is -2.33. The monoisotopic (exact) mass is 323 g/mol. The summed E-state index contributed by atoms with van der Waals surface area (Å²) in [5.74, 6) is 0.698. The Morgan fingerprint density at radius 2 is 1.88 bits per heavy atom. The van der Waals surface area contributed by atoms with Crippen LogP contribution in [0.1, 0.15) is 28.9 Å². The zero-order valence-corrected chi connectivity index (χ0v) is 14.5. The molecule has 1 aliphatic rings. The molecule has 1 aliphatic heterocycles. The molecule has 0 saturated carbocycles. The number of hydrogen-bond acceptors (Lipinski definition) is 3. The maximum atomic E-state index is 12.1. The lowest BCUT2D eigenvalue weighted by atomic mass is 9.90. The molecule has 2 aromatic rings. The van der Waals surface area contributed by atoms with Crippen molar-refractivity contribution in [2.45, 2.75) is 19.3 Å². The van der Waals surface area contributed by atoms with E-state index in [0.29, 0.717) is 5.69 Å². The van der Waals surface area contributed by atoms with Gasteiger partial charge in [0, 0.05) is 39.1 Å². The lowest BCUT2D eigenvalue weighted by molar-refractivity contribution is 0.0822. The minimum atomic E-state index is -0.0455. The highest BCUT2D eigenvalue weighted by Gasteiger charge is 2.21. The second-order valence-corrected chi connectivity index (χ2v) is 6.72. The van der Waals surface area contributed by atoms with Crippen molar-refractivity contribution in [3.05, 3.63) is 59.9 Å². The molecule has 0 atom stereocenters. The van der Waals surface area contributed by atoms with Crippen molar-refractivity contribution in [1.82, 2.24) is 9.88 Å². The normalized spacial score (nSPS) is 15.3. The quantitative estimate of drug-likeness (QED) is 0.867. The van der Waals surface area contributed by atoms with Gasteiger partial charge in [0.15, 0.2) is 0 Å². The Hall–Kier alpha value is -2.36. The Kier molecular flexibility index (Phi) is 5.14. The number of pyridine rings is 1. The van der Waals surface area contributed by atoms with Crippen molar-refractivity contribution in [1.29, 1.82) is 0 Å². The smallest absolute Gasteiger partial charge is 0.272 e. The van der Waals surface area contributed by atoms with Crippen molar-refractivity contribution in [3.63, 3.8) is 0 Å². The van der Waals surface area contributed by atoms with Gasteiger partial charge in [-0.2, -0.15) is 0 Å². The van der Waals surface area contributed by atoms with Crippen LogP contribution in [0, 0.1) is 5.92 Å². The highest BCUT2D eigenvalue weighted by molar-refractivity contribution is 5.92. The lowest BCUT2D eigenvalue weighted by Crippen LogP contribution is -2.34. The molecule has 2 heterocycles. The van der Waals surface area contributed by atoms with Crippen LogP contribution in [-0.2, 0) is 6.42 Å². The van der Waals surface area contributed by atoms with Crippen LogP contribution < -0.4 is 4.90 Å². The second kappa shape index (κ2) is 7.47. The van der Waals surface area contributed by atoms with E-state index in [0.717, 1.165) is 31.1 Å². The average Bonchev–Trinajstić information content (AvgIpc) is 2.62. The summed E-state index contributed by atoms with van der Waals surface area (Å²) in [5.41, 5.74) is 3.05. The molecule has 1 aromatic heterocycles. The molecular formula is C20H25N3O. The summed E-state index contributed by atoms with van der Waals surface area (Å²) >= 11 is 0. The summed E-state index contributed by atoms with van der Waals surface area (Å²) in [6.45, 7) is 2.08. The Labute approximate surface area is 144 Å². The molecule has 0 radical (unpaired) electrons. The number of amides is 1. The van der Waals surface area contributed by atoms with Crippen LogP contribution in [0.2, 0.25) is 0 Å². The molecule has 0 spiro atoms. The van der Waals surface area contributed by atoms with Gasteiger partial charge in [-0.3, -0.25) is 9.78 Å². The van der Waals surface area contributed by atoms with Crippen LogP contribution in [-0.4, -0.2) is 43.0 Å². The number of aromatic nitrogens is 1. The molecule has 1 saturated heterocycles. The third-order valence-electron chi connectivity index (χ3n) is 4.72. The molecule has 3 rings (SSSR count). The molecule has 1 fully saturated rings. The molecule has 4 heteroatoms. The molecule has 126 valence electrons. The summed E-state index contributed by atoms with van der Waals surface area (Å²) in [6, 6.07) is 14.7. The molecule has 0 unspecified atom stereocenters. The summed E-state index contributed by atoms with van der Waals surface area (Å²) in [7, 11) is 3.51. The topological polar surface area (TPSA) is 36.4 Å². The second-order valence-electron chi connectivity index (χ2n) is 6.72. The Bertz CT molecular complexity index is 676. The number of carbonyl (C=O) groups is 1. The molecule has 1 amide bonds. The highest BCUT2D eigenvalue weighted by Crippen LogP contribution is 2.26. The first kappa shape index (κ1) is 16.5. The van der Waals surface area contributed by atoms with Gasteiger partial charge < -0.3 is 9.80 Å². The van der Waals surface area contributed by atoms with Gasteiger partial charge in [-0.1, -0.05) is 30.3 Å². The van der Waals surface area contributed by atoms with Gasteiger partial charge in [0.05, 0.1) is 0 Å². The molecule has 24 heavy (non-hydrogen) atoms. The van der Waals surface area contributed by atoms with Crippen LogP contribution in [0.4, 0.5) is 5.69 Å². The molecule has 0 aliphatic carbocycles. The average molecular weight is 323 g/mol. The van der Waals surface area contributed by atoms with Gasteiger partial charge in [0.25, 0.3) is 5.91 Å². The van der Waals surface area contributed by atoms with Crippen molar-refractivity contribution in [2.75, 3.05) is 32.1 Å². The fourth-order valence-corrected chi connectivity index (χ4v) is 3.30. The SMILES string of the molecule is CN(C)C(=O)c1cc(N2CCC(Cc3ccccc3)CC2)ccn1. The van der Waals surface area contributed by atoms with E-state index in [1.165, 1.54) is 18.4 Å². The fraction of sp³-hybridized carbons (Fsp3) is 0.400. The number of carbonyl (C=O) groups excluding carboxylic acids is 1. The molecule has 4 nitrogen and oxygen atoms in total. The highest BCUT2D eigenvalue weighted by atomic mass is 16.2. The third-order valence-corrected chi connectivity index (χ3v) is 4.72. The number of anilines is 1. The first-order valence-corrected chi connectivity index (χ1v) is 8.60. The minimum absolute atomic E-state index is 0.0455. The maximum Gasteiger partial charge on any atom is 0.272 e. The zero-order valence-electron chi connectivity index (χ0n) is 14.5. The largest absolute Gasteiger partial charge is 0.371 e. The van der Waals surface area contributed by atoms with Gasteiger partial charge in [0.1, 0.15) is 5.69 Å². The van der Waals surface area contributed by atoms with E-state index in [-0.39, 0.29) is 5.91 Å². The number of hydrogen-bond donors (Lipinski definition) is 0. The van der Waals surface area contributed by atoms with Crippen molar-refractivity contribution in [2.24, 2.45) is 5.92 Å². The van der Waals surface area contributed by atoms with Crippen molar-refractivity contribution >= 4 is 11.6 Å². The summed E-state index contributed by atoms with van der Waals surface area (Å²) in [5, 5.41) is 0. The van der Waals surface area contributed by atoms with E-state index in [2.05, 4.69) is 40.2 Å². The predicted molar refractivity (Wildman–Crippen MR) is 97.3 cm³/mol. The standard InChI is InChI=1S/C20H25N3O/c1-22(2)20(24)19-15-18(8-11-21-19)23-12-9-17(10-13-23)14-16-6-4-3-5-7-16/h3-8,11,15,17H,9-10,12-14H2,1-2H3. The Morgan fingerprint density at radius 1 is 1.17 bits per heavy atom. The Morgan fingerprint density at radius 3 is 2.54 bits per heavy atom. The molecule has 0 N–H and O–H groups in total. The van der Waals surface area contributed by atoms with E-state index >= 15 is 0 Å². The number of nitrogens with zero attached hydrogens (tertiary/aromatic N) is 3. The van der Waals surface area contributed by atoms with Crippen LogP contribution in [0.25, 0.3) is 0 Å². The van der Waals surface area contributed by atoms with Gasteiger partial charge in [-0.05, 0) is 42.9 Å². The van der Waals surface area contributed by atoms with Crippen LogP contribution >= 0.6 is 0 Å².